The van der Waals surface area contributed by atoms with Gasteiger partial charge in [0.2, 0.25) is 0 Å². The highest BCUT2D eigenvalue weighted by atomic mass is 16.5. The van der Waals surface area contributed by atoms with Gasteiger partial charge in [-0.3, -0.25) is 9.59 Å². The quantitative estimate of drug-likeness (QED) is 0.631. The lowest BCUT2D eigenvalue weighted by atomic mass is 9.92. The highest BCUT2D eigenvalue weighted by Crippen LogP contribution is 2.29. The second kappa shape index (κ2) is 4.75. The van der Waals surface area contributed by atoms with E-state index in [4.69, 9.17) is 10.00 Å². The van der Waals surface area contributed by atoms with Crippen LogP contribution in [0.3, 0.4) is 0 Å². The summed E-state index contributed by atoms with van der Waals surface area (Å²) in [6.07, 6.45) is 1.47. The Morgan fingerprint density at radius 1 is 1.79 bits per heavy atom. The molecule has 1 fully saturated rings. The lowest BCUT2D eigenvalue weighted by molar-refractivity contribution is -0.147. The number of nitriles is 1. The van der Waals surface area contributed by atoms with Crippen LogP contribution in [0.2, 0.25) is 0 Å². The average molecular weight is 195 g/mol. The van der Waals surface area contributed by atoms with Gasteiger partial charge in [0.05, 0.1) is 12.7 Å². The van der Waals surface area contributed by atoms with Gasteiger partial charge in [0.15, 0.2) is 0 Å². The number of ether oxygens (including phenoxy) is 1. The van der Waals surface area contributed by atoms with E-state index in [0.717, 1.165) is 0 Å². The number of hydrogen-bond acceptors (Lipinski definition) is 4. The van der Waals surface area contributed by atoms with Crippen LogP contribution in [0, 0.1) is 23.2 Å². The molecule has 1 aliphatic carbocycles. The van der Waals surface area contributed by atoms with Gasteiger partial charge in [0, 0.05) is 12.8 Å². The maximum absolute atomic E-state index is 11.3. The largest absolute Gasteiger partial charge is 0.465 e. The standard InChI is InChI=1S/C10H13NO3/c1-2-14-10(13)9(6-11)7-3-4-8(12)5-7/h7,9H,2-5H2,1H3. The lowest BCUT2D eigenvalue weighted by Crippen LogP contribution is -2.23. The predicted octanol–water partition coefficient (Wildman–Crippen LogP) is 1.06. The third-order valence-corrected chi connectivity index (χ3v) is 2.43. The zero-order valence-electron chi connectivity index (χ0n) is 8.16. The summed E-state index contributed by atoms with van der Waals surface area (Å²) in [7, 11) is 0. The smallest absolute Gasteiger partial charge is 0.323 e. The van der Waals surface area contributed by atoms with Gasteiger partial charge in [-0.25, -0.2) is 0 Å². The summed E-state index contributed by atoms with van der Waals surface area (Å²) < 4.78 is 4.77. The summed E-state index contributed by atoms with van der Waals surface area (Å²) in [4.78, 5) is 22.3. The molecule has 0 saturated heterocycles. The molecule has 0 heterocycles. The van der Waals surface area contributed by atoms with E-state index in [-0.39, 0.29) is 18.3 Å². The van der Waals surface area contributed by atoms with E-state index in [2.05, 4.69) is 0 Å². The summed E-state index contributed by atoms with van der Waals surface area (Å²) in [5.41, 5.74) is 0. The van der Waals surface area contributed by atoms with Gasteiger partial charge in [-0.1, -0.05) is 0 Å². The predicted molar refractivity (Wildman–Crippen MR) is 48.1 cm³/mol. The highest BCUT2D eigenvalue weighted by molar-refractivity contribution is 5.83. The van der Waals surface area contributed by atoms with Gasteiger partial charge in [0.1, 0.15) is 11.7 Å². The van der Waals surface area contributed by atoms with Crippen molar-refractivity contribution < 1.29 is 14.3 Å². The van der Waals surface area contributed by atoms with Crippen molar-refractivity contribution >= 4 is 11.8 Å². The van der Waals surface area contributed by atoms with E-state index >= 15 is 0 Å². The molecule has 0 spiro atoms. The van der Waals surface area contributed by atoms with Gasteiger partial charge in [-0.15, -0.1) is 0 Å². The fourth-order valence-corrected chi connectivity index (χ4v) is 1.71. The van der Waals surface area contributed by atoms with Crippen LogP contribution < -0.4 is 0 Å². The Labute approximate surface area is 82.8 Å². The number of carbonyl (C=O) groups is 2. The monoisotopic (exact) mass is 195 g/mol. The van der Waals surface area contributed by atoms with E-state index < -0.39 is 11.9 Å². The topological polar surface area (TPSA) is 67.2 Å². The molecule has 0 radical (unpaired) electrons. The van der Waals surface area contributed by atoms with Gasteiger partial charge >= 0.3 is 5.97 Å². The number of nitrogens with zero attached hydrogens (tertiary/aromatic N) is 1. The second-order valence-electron chi connectivity index (χ2n) is 3.40. The van der Waals surface area contributed by atoms with E-state index in [9.17, 15) is 9.59 Å². The molecule has 2 atom stereocenters. The van der Waals surface area contributed by atoms with Crippen LogP contribution in [0.15, 0.2) is 0 Å². The molecule has 0 aromatic carbocycles. The molecule has 2 unspecified atom stereocenters. The summed E-state index contributed by atoms with van der Waals surface area (Å²) in [6, 6.07) is 1.92. The van der Waals surface area contributed by atoms with Crippen molar-refractivity contribution in [3.8, 4) is 6.07 Å². The van der Waals surface area contributed by atoms with E-state index in [1.807, 2.05) is 6.07 Å². The Balaban J connectivity index is 2.59. The van der Waals surface area contributed by atoms with Crippen molar-refractivity contribution in [3.05, 3.63) is 0 Å². The molecule has 0 N–H and O–H groups in total. The maximum Gasteiger partial charge on any atom is 0.323 e. The molecule has 0 aromatic rings. The Kier molecular flexibility index (Phi) is 3.63. The fraction of sp³-hybridized carbons (Fsp3) is 0.700. The zero-order chi connectivity index (χ0) is 10.6. The van der Waals surface area contributed by atoms with Gasteiger partial charge < -0.3 is 4.74 Å². The minimum absolute atomic E-state index is 0.133. The van der Waals surface area contributed by atoms with Crippen molar-refractivity contribution in [1.82, 2.24) is 0 Å². The molecule has 14 heavy (non-hydrogen) atoms. The molecular formula is C10H13NO3. The number of carbonyl (C=O) groups excluding carboxylic acids is 2. The Hall–Kier alpha value is -1.37. The van der Waals surface area contributed by atoms with E-state index in [1.54, 1.807) is 6.92 Å². The zero-order valence-corrected chi connectivity index (χ0v) is 8.16. The van der Waals surface area contributed by atoms with Crippen LogP contribution in [0.25, 0.3) is 0 Å². The average Bonchev–Trinajstić information content (AvgIpc) is 2.54. The van der Waals surface area contributed by atoms with Crippen LogP contribution in [0.4, 0.5) is 0 Å². The van der Waals surface area contributed by atoms with Gasteiger partial charge in [-0.2, -0.15) is 5.26 Å². The molecule has 0 aliphatic heterocycles. The van der Waals surface area contributed by atoms with Crippen molar-refractivity contribution in [2.75, 3.05) is 6.61 Å². The van der Waals surface area contributed by atoms with E-state index in [0.29, 0.717) is 19.3 Å². The molecule has 4 nitrogen and oxygen atoms in total. The summed E-state index contributed by atoms with van der Waals surface area (Å²) in [6.45, 7) is 1.98. The first-order chi connectivity index (χ1) is 6.69. The van der Waals surface area contributed by atoms with Crippen LogP contribution in [-0.2, 0) is 14.3 Å². The SMILES string of the molecule is CCOC(=O)C(C#N)C1CCC(=O)C1. The van der Waals surface area contributed by atoms with Crippen LogP contribution in [-0.4, -0.2) is 18.4 Å². The Bertz CT molecular complexity index is 280. The van der Waals surface area contributed by atoms with Crippen LogP contribution in [0.1, 0.15) is 26.2 Å². The number of esters is 1. The van der Waals surface area contributed by atoms with Crippen molar-refractivity contribution in [2.24, 2.45) is 11.8 Å². The normalized spacial score (nSPS) is 22.9. The minimum atomic E-state index is -0.763. The molecule has 0 amide bonds. The summed E-state index contributed by atoms with van der Waals surface area (Å²) >= 11 is 0. The first-order valence-electron chi connectivity index (χ1n) is 4.77. The van der Waals surface area contributed by atoms with Gasteiger partial charge in [-0.05, 0) is 19.3 Å². The molecule has 1 rings (SSSR count). The number of ketones is 1. The Morgan fingerprint density at radius 2 is 2.50 bits per heavy atom. The molecule has 0 aromatic heterocycles. The third kappa shape index (κ3) is 2.32. The van der Waals surface area contributed by atoms with Crippen LogP contribution in [0.5, 0.6) is 0 Å². The summed E-state index contributed by atoms with van der Waals surface area (Å²) in [5.74, 6) is -1.25. The molecular weight excluding hydrogens is 182 g/mol. The number of Topliss-reactive ketones (excluding diaryl/α,β-unsaturated/α-hetero) is 1. The first-order valence-corrected chi connectivity index (χ1v) is 4.77. The minimum Gasteiger partial charge on any atom is -0.465 e. The molecule has 1 aliphatic rings. The summed E-state index contributed by atoms with van der Waals surface area (Å²) in [5, 5.41) is 8.81. The van der Waals surface area contributed by atoms with Crippen molar-refractivity contribution in [1.29, 1.82) is 5.26 Å². The van der Waals surface area contributed by atoms with Crippen molar-refractivity contribution in [3.63, 3.8) is 0 Å². The first kappa shape index (κ1) is 10.7. The maximum atomic E-state index is 11.3. The second-order valence-corrected chi connectivity index (χ2v) is 3.40. The number of hydrogen-bond donors (Lipinski definition) is 0. The van der Waals surface area contributed by atoms with Crippen molar-refractivity contribution in [2.45, 2.75) is 26.2 Å². The molecule has 76 valence electrons. The molecule has 1 saturated carbocycles. The fourth-order valence-electron chi connectivity index (χ4n) is 1.71. The van der Waals surface area contributed by atoms with E-state index in [1.165, 1.54) is 0 Å². The Morgan fingerprint density at radius 3 is 2.93 bits per heavy atom. The lowest BCUT2D eigenvalue weighted by Gasteiger charge is -2.13. The highest BCUT2D eigenvalue weighted by Gasteiger charge is 2.34. The number of rotatable bonds is 3. The van der Waals surface area contributed by atoms with Crippen LogP contribution >= 0.6 is 0 Å². The molecule has 0 bridgehead atoms. The van der Waals surface area contributed by atoms with Gasteiger partial charge in [0.25, 0.3) is 0 Å². The third-order valence-electron chi connectivity index (χ3n) is 2.43. The molecule has 4 heteroatoms.